The van der Waals surface area contributed by atoms with Crippen molar-refractivity contribution in [3.05, 3.63) is 0 Å². The number of hydrogen-bond donors (Lipinski definition) is 0. The van der Waals surface area contributed by atoms with Crippen LogP contribution in [-0.2, 0) is 0 Å². The van der Waals surface area contributed by atoms with E-state index in [1.165, 1.54) is 2.43 Å². The van der Waals surface area contributed by atoms with Crippen LogP contribution < -0.4 is 17.2 Å². The number of alkyl halides is 2. The molecule has 0 rings (SSSR count). The predicted molar refractivity (Wildman–Crippen MR) is 32.9 cm³/mol. The summed E-state index contributed by atoms with van der Waals surface area (Å²) in [5.41, 5.74) is 0. The van der Waals surface area contributed by atoms with Crippen molar-refractivity contribution in [1.82, 2.24) is 0 Å². The molecule has 0 bridgehead atoms. The zero-order valence-corrected chi connectivity index (χ0v) is 8.31. The van der Waals surface area contributed by atoms with Crippen molar-refractivity contribution in [3.8, 4) is 0 Å². The molecule has 0 amide bonds. The van der Waals surface area contributed by atoms with Gasteiger partial charge in [0.05, 0.1) is 0 Å². The van der Waals surface area contributed by atoms with Gasteiger partial charge in [-0.1, -0.05) is 0 Å². The van der Waals surface area contributed by atoms with E-state index in [1.807, 2.05) is 0 Å². The first-order valence-electron chi connectivity index (χ1n) is 0.677. The molecule has 0 aromatic carbocycles. The summed E-state index contributed by atoms with van der Waals surface area (Å²) in [6.07, 6.45) is 0. The molecule has 0 saturated carbocycles. The van der Waals surface area contributed by atoms with E-state index < -0.39 is 0 Å². The van der Waals surface area contributed by atoms with Gasteiger partial charge in [-0.15, -0.1) is 0 Å². The van der Waals surface area contributed by atoms with Crippen LogP contribution in [0.25, 0.3) is 0 Å². The molecule has 0 aliphatic rings. The normalized spacial score (nSPS) is 8.50. The number of halogens is 3. The van der Waals surface area contributed by atoms with E-state index in [0.29, 0.717) is 17.2 Å². The average molecular weight is 395 g/mol. The molecule has 3 heteroatoms. The maximum atomic E-state index is 2.45. The van der Waals surface area contributed by atoms with Crippen molar-refractivity contribution >= 4 is 41.2 Å². The van der Waals surface area contributed by atoms with Crippen LogP contribution in [0.1, 0.15) is 0 Å². The van der Waals surface area contributed by atoms with Crippen molar-refractivity contribution in [1.29, 1.82) is 0 Å². The summed E-state index contributed by atoms with van der Waals surface area (Å²) in [6.45, 7) is 0. The first kappa shape index (κ1) is 6.19. The maximum absolute atomic E-state index is 2.45. The fraction of sp³-hybridized carbons (Fsp3) is 1.00. The van der Waals surface area contributed by atoms with E-state index in [2.05, 4.69) is 41.2 Å². The molecule has 0 N–H and O–H groups in total. The summed E-state index contributed by atoms with van der Waals surface area (Å²) in [4.78, 5) is 0. The minimum atomic E-state index is 0.567. The second-order valence-corrected chi connectivity index (χ2v) is 9.09. The van der Waals surface area contributed by atoms with Gasteiger partial charge < -0.3 is 0 Å². The molecule has 0 nitrogen and oxygen atoms in total. The molecular formula is CH2I3-. The second-order valence-electron chi connectivity index (χ2n) is 0.202. The quantitative estimate of drug-likeness (QED) is 0.388. The Balaban J connectivity index is 1.97. The molecule has 28 valence electrons. The van der Waals surface area contributed by atoms with Crippen molar-refractivity contribution in [2.75, 3.05) is 2.43 Å². The summed E-state index contributed by atoms with van der Waals surface area (Å²) >= 11 is 5.41. The molecule has 4 heavy (non-hydrogen) atoms. The van der Waals surface area contributed by atoms with Crippen LogP contribution >= 0.6 is 41.2 Å². The van der Waals surface area contributed by atoms with Crippen LogP contribution in [0.2, 0.25) is 0 Å². The Bertz CT molecular complexity index is 5.25. The molecule has 0 aromatic heterocycles. The van der Waals surface area contributed by atoms with Gasteiger partial charge in [-0.2, -0.15) is 0 Å². The monoisotopic (exact) mass is 395 g/mol. The van der Waals surface area contributed by atoms with Gasteiger partial charge in [0.2, 0.25) is 0 Å². The Morgan fingerprint density at radius 1 is 1.75 bits per heavy atom. The van der Waals surface area contributed by atoms with Crippen LogP contribution in [0.5, 0.6) is 0 Å². The number of rotatable bonds is 1. The average Bonchev–Trinajstić information content (AvgIpc) is 1.37. The molecule has 0 fully saturated rings. The molecule has 0 saturated heterocycles. The van der Waals surface area contributed by atoms with Crippen LogP contribution in [0.15, 0.2) is 0 Å². The zero-order valence-electron chi connectivity index (χ0n) is 1.84. The molecule has 0 atom stereocenters. The van der Waals surface area contributed by atoms with Crippen molar-refractivity contribution in [2.24, 2.45) is 0 Å². The van der Waals surface area contributed by atoms with Crippen LogP contribution in [0.3, 0.4) is 0 Å². The third kappa shape index (κ3) is 4.19. The third-order valence-electron chi connectivity index (χ3n) is 0.0382. The van der Waals surface area contributed by atoms with Crippen LogP contribution in [0.4, 0.5) is 0 Å². The summed E-state index contributed by atoms with van der Waals surface area (Å²) in [5.74, 6) is 0. The molecule has 0 spiro atoms. The van der Waals surface area contributed by atoms with Gasteiger partial charge in [0.15, 0.2) is 0 Å². The first-order chi connectivity index (χ1) is 1.91. The van der Waals surface area contributed by atoms with Gasteiger partial charge >= 0.3 is 60.9 Å². The molecule has 0 heterocycles. The van der Waals surface area contributed by atoms with E-state index in [4.69, 9.17) is 0 Å². The molecule has 0 aliphatic carbocycles. The SMILES string of the molecule is IC[I-]I. The van der Waals surface area contributed by atoms with Crippen molar-refractivity contribution in [2.45, 2.75) is 0 Å². The number of hydrogen-bond acceptors (Lipinski definition) is 0. The summed E-state index contributed by atoms with van der Waals surface area (Å²) in [5, 5.41) is 0. The van der Waals surface area contributed by atoms with Crippen LogP contribution in [-0.4, -0.2) is 2.43 Å². The molecule has 0 unspecified atom stereocenters. The molecule has 0 radical (unpaired) electrons. The van der Waals surface area contributed by atoms with Gasteiger partial charge in [0.25, 0.3) is 0 Å². The van der Waals surface area contributed by atoms with E-state index in [1.54, 1.807) is 0 Å². The van der Waals surface area contributed by atoms with Gasteiger partial charge in [-0.05, 0) is 0 Å². The Kier molecular flexibility index (Phi) is 8.03. The molecule has 0 aromatic rings. The van der Waals surface area contributed by atoms with Crippen LogP contribution in [0, 0.1) is 0 Å². The summed E-state index contributed by atoms with van der Waals surface area (Å²) in [6, 6.07) is 0. The predicted octanol–water partition coefficient (Wildman–Crippen LogP) is -1.18. The van der Waals surface area contributed by atoms with Gasteiger partial charge in [-0.3, -0.25) is 0 Å². The van der Waals surface area contributed by atoms with E-state index >= 15 is 0 Å². The summed E-state index contributed by atoms with van der Waals surface area (Å²) in [7, 11) is 0. The topological polar surface area (TPSA) is 0 Å². The van der Waals surface area contributed by atoms with Gasteiger partial charge in [0.1, 0.15) is 0 Å². The third-order valence-corrected chi connectivity index (χ3v) is 11.5. The Labute approximate surface area is 59.7 Å². The van der Waals surface area contributed by atoms with E-state index in [-0.39, 0.29) is 0 Å². The van der Waals surface area contributed by atoms with Crippen molar-refractivity contribution < 1.29 is 17.2 Å². The minimum absolute atomic E-state index is 0.567. The first-order valence-corrected chi connectivity index (χ1v) is 10.0. The second kappa shape index (κ2) is 5.19. The molecular weight excluding hydrogens is 393 g/mol. The fourth-order valence-electron chi connectivity index (χ4n) is 0. The van der Waals surface area contributed by atoms with E-state index in [0.717, 1.165) is 0 Å². The van der Waals surface area contributed by atoms with Crippen molar-refractivity contribution in [3.63, 3.8) is 0 Å². The zero-order chi connectivity index (χ0) is 3.41. The van der Waals surface area contributed by atoms with Gasteiger partial charge in [-0.25, -0.2) is 0 Å². The Morgan fingerprint density at radius 2 is 2.00 bits per heavy atom. The molecule has 0 aliphatic heterocycles. The van der Waals surface area contributed by atoms with Gasteiger partial charge in [0, 0.05) is 0 Å². The Hall–Kier alpha value is 2.19. The summed E-state index contributed by atoms with van der Waals surface area (Å²) < 4.78 is 1.39. The fourth-order valence-corrected chi connectivity index (χ4v) is 0. The van der Waals surface area contributed by atoms with E-state index in [9.17, 15) is 0 Å². The Morgan fingerprint density at radius 3 is 2.00 bits per heavy atom. The standard InChI is InChI=1S/CH2I3/c2-1-4-3/h1H2/q-1.